The highest BCUT2D eigenvalue weighted by atomic mass is 35.5. The Bertz CT molecular complexity index is 1570. The normalized spacial score (nSPS) is 19.8. The van der Waals surface area contributed by atoms with Crippen LogP contribution in [0.1, 0.15) is 47.1 Å². The Kier molecular flexibility index (Phi) is 9.06. The molecule has 2 atom stereocenters. The van der Waals surface area contributed by atoms with E-state index in [9.17, 15) is 13.6 Å². The molecule has 2 bridgehead atoms. The Morgan fingerprint density at radius 3 is 2.48 bits per heavy atom. The second kappa shape index (κ2) is 13.0. The maximum absolute atomic E-state index is 14.5. The van der Waals surface area contributed by atoms with Gasteiger partial charge in [-0.15, -0.1) is 0 Å². The molecule has 2 N–H and O–H groups in total. The molecule has 0 aromatic heterocycles. The van der Waals surface area contributed by atoms with Crippen molar-refractivity contribution in [3.63, 3.8) is 0 Å². The summed E-state index contributed by atoms with van der Waals surface area (Å²) in [5.41, 5.74) is 6.34. The van der Waals surface area contributed by atoms with Gasteiger partial charge in [-0.1, -0.05) is 48.0 Å². The van der Waals surface area contributed by atoms with Crippen LogP contribution >= 0.6 is 11.6 Å². The number of benzene rings is 3. The maximum atomic E-state index is 14.5. The van der Waals surface area contributed by atoms with Crippen LogP contribution in [0, 0.1) is 18.6 Å². The minimum absolute atomic E-state index is 0.0608. The van der Waals surface area contributed by atoms with Crippen LogP contribution in [0.25, 0.3) is 5.57 Å². The van der Waals surface area contributed by atoms with Crippen LogP contribution in [0.5, 0.6) is 5.75 Å². The summed E-state index contributed by atoms with van der Waals surface area (Å²) in [5, 5.41) is 7.04. The Hall–Kier alpha value is -3.30. The summed E-state index contributed by atoms with van der Waals surface area (Å²) in [6, 6.07) is 16.9. The lowest BCUT2D eigenvalue weighted by Gasteiger charge is -2.41. The van der Waals surface area contributed by atoms with Crippen molar-refractivity contribution in [3.8, 4) is 5.75 Å². The van der Waals surface area contributed by atoms with E-state index >= 15 is 0 Å². The Morgan fingerprint density at radius 1 is 1.00 bits per heavy atom. The van der Waals surface area contributed by atoms with Gasteiger partial charge in [0.15, 0.2) is 0 Å². The van der Waals surface area contributed by atoms with Crippen molar-refractivity contribution in [2.75, 3.05) is 27.2 Å². The molecule has 1 saturated heterocycles. The van der Waals surface area contributed by atoms with Crippen LogP contribution in [-0.4, -0.2) is 61.1 Å². The summed E-state index contributed by atoms with van der Waals surface area (Å²) in [6.07, 6.45) is 2.80. The minimum Gasteiger partial charge on any atom is -0.496 e. The molecular formula is C35H39ClF2N4O2. The molecule has 1 aliphatic carbocycles. The zero-order valence-electron chi connectivity index (χ0n) is 25.4. The molecular weight excluding hydrogens is 582 g/mol. The highest BCUT2D eigenvalue weighted by molar-refractivity contribution is 6.31. The number of ether oxygens (including phenoxy) is 1. The average Bonchev–Trinajstić information content (AvgIpc) is 3.86. The zero-order valence-corrected chi connectivity index (χ0v) is 26.2. The van der Waals surface area contributed by atoms with E-state index < -0.39 is 11.6 Å². The van der Waals surface area contributed by atoms with Crippen LogP contribution in [0.4, 0.5) is 8.78 Å². The number of amides is 1. The van der Waals surface area contributed by atoms with Crippen LogP contribution < -0.4 is 15.4 Å². The van der Waals surface area contributed by atoms with Crippen LogP contribution in [0.2, 0.25) is 5.02 Å². The number of methoxy groups -OCH3 is 1. The molecule has 2 aliphatic heterocycles. The van der Waals surface area contributed by atoms with Gasteiger partial charge < -0.3 is 20.3 Å². The van der Waals surface area contributed by atoms with Crippen molar-refractivity contribution in [3.05, 3.63) is 105 Å². The molecule has 2 fully saturated rings. The van der Waals surface area contributed by atoms with Crippen LogP contribution in [-0.2, 0) is 24.4 Å². The summed E-state index contributed by atoms with van der Waals surface area (Å²) >= 11 is 6.05. The lowest BCUT2D eigenvalue weighted by Crippen LogP contribution is -2.60. The fourth-order valence-corrected chi connectivity index (χ4v) is 6.76. The number of hydrogen-bond acceptors (Lipinski definition) is 5. The van der Waals surface area contributed by atoms with Gasteiger partial charge in [-0.05, 0) is 79.3 Å². The van der Waals surface area contributed by atoms with Gasteiger partial charge in [-0.2, -0.15) is 0 Å². The Morgan fingerprint density at radius 2 is 1.75 bits per heavy atom. The fourth-order valence-electron chi connectivity index (χ4n) is 6.55. The van der Waals surface area contributed by atoms with Crippen molar-refractivity contribution in [2.24, 2.45) is 0 Å². The van der Waals surface area contributed by atoms with Crippen molar-refractivity contribution in [1.29, 1.82) is 0 Å². The summed E-state index contributed by atoms with van der Waals surface area (Å²) in [4.78, 5) is 18.5. The standard InChI is InChI=1S/C35H39ClF2N4O2/c1-21-24(5-4-6-32(21)44-3)19-42(26-11-12-26)35(43)33-27(15-25-16-39-17-31(33)40-25)23-9-7-22(8-10-23)18-41(2)20-28-29(37)13-14-30(38)34(28)36/h4-10,13-14,25-26,31,39-40H,11-12,15-20H2,1-3H3/t25-,31+/m0/s1. The van der Waals surface area contributed by atoms with E-state index in [4.69, 9.17) is 16.3 Å². The number of hydrogen-bond donors (Lipinski definition) is 2. The summed E-state index contributed by atoms with van der Waals surface area (Å²) in [7, 11) is 3.53. The molecule has 0 spiro atoms. The number of fused-ring (bicyclic) bond motifs is 2. The first-order valence-corrected chi connectivity index (χ1v) is 15.6. The van der Waals surface area contributed by atoms with Gasteiger partial charge in [0.1, 0.15) is 17.4 Å². The van der Waals surface area contributed by atoms with Gasteiger partial charge in [0.05, 0.1) is 18.2 Å². The first-order chi connectivity index (χ1) is 21.2. The first-order valence-electron chi connectivity index (χ1n) is 15.3. The van der Waals surface area contributed by atoms with E-state index in [-0.39, 0.29) is 41.2 Å². The van der Waals surface area contributed by atoms with E-state index in [1.165, 1.54) is 0 Å². The highest BCUT2D eigenvalue weighted by Crippen LogP contribution is 2.37. The summed E-state index contributed by atoms with van der Waals surface area (Å²) in [6.45, 7) is 4.88. The molecule has 3 aromatic rings. The maximum Gasteiger partial charge on any atom is 0.252 e. The van der Waals surface area contributed by atoms with Gasteiger partial charge >= 0.3 is 0 Å². The lowest BCUT2D eigenvalue weighted by molar-refractivity contribution is -0.128. The van der Waals surface area contributed by atoms with Crippen LogP contribution in [0.15, 0.2) is 60.2 Å². The SMILES string of the molecule is COc1cccc(CN(C(=O)C2=C(c3ccc(CN(C)Cc4c(F)ccc(F)c4Cl)cc3)C[C@H]3CNC[C@H]2N3)C2CC2)c1C. The summed E-state index contributed by atoms with van der Waals surface area (Å²) in [5.74, 6) is -0.211. The monoisotopic (exact) mass is 620 g/mol. The molecule has 232 valence electrons. The van der Waals surface area contributed by atoms with Crippen molar-refractivity contribution < 1.29 is 18.3 Å². The van der Waals surface area contributed by atoms with Crippen molar-refractivity contribution in [2.45, 2.75) is 63.9 Å². The van der Waals surface area contributed by atoms with Crippen molar-refractivity contribution >= 4 is 23.1 Å². The molecule has 1 amide bonds. The molecule has 44 heavy (non-hydrogen) atoms. The molecule has 0 unspecified atom stereocenters. The second-order valence-corrected chi connectivity index (χ2v) is 12.6. The minimum atomic E-state index is -0.625. The largest absolute Gasteiger partial charge is 0.496 e. The number of halogens is 3. The number of nitrogens with zero attached hydrogens (tertiary/aromatic N) is 2. The predicted octanol–water partition coefficient (Wildman–Crippen LogP) is 5.85. The molecule has 6 nitrogen and oxygen atoms in total. The molecule has 6 rings (SSSR count). The van der Waals surface area contributed by atoms with Crippen molar-refractivity contribution in [1.82, 2.24) is 20.4 Å². The predicted molar refractivity (Wildman–Crippen MR) is 169 cm³/mol. The molecule has 1 saturated carbocycles. The van der Waals surface area contributed by atoms with E-state index in [2.05, 4.69) is 52.8 Å². The molecule has 3 aliphatic rings. The number of carbonyl (C=O) groups excluding carboxylic acids is 1. The Balaban J connectivity index is 1.26. The molecule has 0 radical (unpaired) electrons. The van der Waals surface area contributed by atoms with Crippen LogP contribution in [0.3, 0.4) is 0 Å². The highest BCUT2D eigenvalue weighted by Gasteiger charge is 2.41. The third-order valence-electron chi connectivity index (χ3n) is 9.06. The Labute approximate surface area is 263 Å². The van der Waals surface area contributed by atoms with E-state index in [0.29, 0.717) is 19.6 Å². The van der Waals surface area contributed by atoms with E-state index in [1.54, 1.807) is 7.11 Å². The smallest absolute Gasteiger partial charge is 0.252 e. The number of carbonyl (C=O) groups is 1. The zero-order chi connectivity index (χ0) is 31.0. The van der Waals surface area contributed by atoms with Gasteiger partial charge in [0.25, 0.3) is 5.91 Å². The second-order valence-electron chi connectivity index (χ2n) is 12.3. The summed E-state index contributed by atoms with van der Waals surface area (Å²) < 4.78 is 33.8. The fraction of sp³-hybridized carbons (Fsp3) is 0.400. The number of rotatable bonds is 10. The van der Waals surface area contributed by atoms with E-state index in [1.807, 2.05) is 24.1 Å². The molecule has 2 heterocycles. The third-order valence-corrected chi connectivity index (χ3v) is 9.47. The quantitative estimate of drug-likeness (QED) is 0.279. The first kappa shape index (κ1) is 30.7. The van der Waals surface area contributed by atoms with Gasteiger partial charge in [-0.25, -0.2) is 8.78 Å². The van der Waals surface area contributed by atoms with Gasteiger partial charge in [-0.3, -0.25) is 9.69 Å². The topological polar surface area (TPSA) is 56.8 Å². The molecule has 9 heteroatoms. The lowest BCUT2D eigenvalue weighted by atomic mass is 9.83. The number of nitrogens with one attached hydrogen (secondary N) is 2. The third kappa shape index (κ3) is 6.40. The van der Waals surface area contributed by atoms with Gasteiger partial charge in [0.2, 0.25) is 0 Å². The molecule has 3 aromatic carbocycles. The van der Waals surface area contributed by atoms with E-state index in [0.717, 1.165) is 77.1 Å². The number of piperazine rings is 1. The average molecular weight is 621 g/mol. The van der Waals surface area contributed by atoms with Gasteiger partial charge in [0, 0.05) is 55.9 Å².